The van der Waals surface area contributed by atoms with Crippen molar-refractivity contribution in [3.63, 3.8) is 0 Å². The molecule has 1 aromatic carbocycles. The van der Waals surface area contributed by atoms with Crippen LogP contribution in [0.1, 0.15) is 27.7 Å². The molecule has 0 aliphatic rings. The molecule has 0 fully saturated rings. The number of anilines is 1. The first kappa shape index (κ1) is 24.6. The van der Waals surface area contributed by atoms with Gasteiger partial charge in [-0.3, -0.25) is 9.36 Å². The number of benzene rings is 1. The number of nitrogens with two attached hydrogens (primary N) is 1. The number of rotatable bonds is 11. The summed E-state index contributed by atoms with van der Waals surface area (Å²) in [4.78, 5) is 24.6. The minimum Gasteiger partial charge on any atom is -0.462 e. The summed E-state index contributed by atoms with van der Waals surface area (Å²) in [5.74, 6) is 0.151. The highest BCUT2D eigenvalue weighted by molar-refractivity contribution is 7.57. The van der Waals surface area contributed by atoms with Gasteiger partial charge in [-0.2, -0.15) is 0 Å². The minimum absolute atomic E-state index is 0.272. The number of nitrogen functional groups attached to an aromatic ring is 1. The van der Waals surface area contributed by atoms with Crippen molar-refractivity contribution < 1.29 is 23.4 Å². The molecular formula is C21H29N6O5P. The standard InChI is InChI=1S/C21H29N6O5P/c1-14(2)31-21(28)16(4)26-33(29,32-17-8-6-5-7-9-17)13-30-15(3)10-27-12-25-18-19(22)23-11-24-20(18)27/h5-9,11-12,14-16H,10,13H2,1-4H3,(H,26,29)(H2,22,23,24)/t15-,16+,33?/m0/s1. The summed E-state index contributed by atoms with van der Waals surface area (Å²) in [5.41, 5.74) is 6.91. The summed E-state index contributed by atoms with van der Waals surface area (Å²) in [6.45, 7) is 7.25. The Labute approximate surface area is 192 Å². The normalized spacial score (nSPS) is 15.2. The van der Waals surface area contributed by atoms with Crippen LogP contribution in [0.25, 0.3) is 11.2 Å². The van der Waals surface area contributed by atoms with E-state index in [2.05, 4.69) is 20.0 Å². The highest BCUT2D eigenvalue weighted by Crippen LogP contribution is 2.44. The number of hydrogen-bond donors (Lipinski definition) is 2. The molecule has 0 amide bonds. The maximum atomic E-state index is 13.6. The molecule has 178 valence electrons. The summed E-state index contributed by atoms with van der Waals surface area (Å²) in [6, 6.07) is 7.83. The van der Waals surface area contributed by atoms with Crippen LogP contribution in [0.5, 0.6) is 5.75 Å². The molecule has 1 unspecified atom stereocenters. The Morgan fingerprint density at radius 2 is 1.88 bits per heavy atom. The molecule has 11 nitrogen and oxygen atoms in total. The third-order valence-corrected chi connectivity index (χ3v) is 6.28. The van der Waals surface area contributed by atoms with Crippen molar-refractivity contribution in [2.24, 2.45) is 0 Å². The van der Waals surface area contributed by atoms with Crippen molar-refractivity contribution >= 4 is 30.5 Å². The largest absolute Gasteiger partial charge is 0.462 e. The molecule has 2 aromatic heterocycles. The SMILES string of the molecule is CC(C)OC(=O)[C@@H](C)NP(=O)(CO[C@@H](C)Cn1cnc2c(N)ncnc21)Oc1ccccc1. The third-order valence-electron chi connectivity index (χ3n) is 4.50. The number of aromatic nitrogens is 4. The Bertz CT molecular complexity index is 1120. The van der Waals surface area contributed by atoms with Crippen molar-refractivity contribution in [1.29, 1.82) is 0 Å². The van der Waals surface area contributed by atoms with E-state index in [4.69, 9.17) is 19.7 Å². The predicted molar refractivity (Wildman–Crippen MR) is 124 cm³/mol. The molecule has 0 aliphatic carbocycles. The summed E-state index contributed by atoms with van der Waals surface area (Å²) >= 11 is 0. The lowest BCUT2D eigenvalue weighted by Crippen LogP contribution is -2.37. The average Bonchev–Trinajstić information content (AvgIpc) is 3.16. The number of nitrogens with zero attached hydrogens (tertiary/aromatic N) is 4. The van der Waals surface area contributed by atoms with Crippen molar-refractivity contribution in [1.82, 2.24) is 24.6 Å². The van der Waals surface area contributed by atoms with E-state index in [1.807, 2.05) is 13.0 Å². The summed E-state index contributed by atoms with van der Waals surface area (Å²) in [5, 5.41) is 2.78. The van der Waals surface area contributed by atoms with Crippen molar-refractivity contribution in [2.45, 2.75) is 52.5 Å². The van der Waals surface area contributed by atoms with Crippen LogP contribution in [0.3, 0.4) is 0 Å². The number of imidazole rings is 1. The van der Waals surface area contributed by atoms with E-state index in [-0.39, 0.29) is 18.6 Å². The molecule has 3 atom stereocenters. The molecule has 33 heavy (non-hydrogen) atoms. The van der Waals surface area contributed by atoms with Gasteiger partial charge in [0.1, 0.15) is 30.0 Å². The van der Waals surface area contributed by atoms with Gasteiger partial charge in [-0.05, 0) is 39.8 Å². The first-order chi connectivity index (χ1) is 15.7. The van der Waals surface area contributed by atoms with Gasteiger partial charge in [-0.15, -0.1) is 0 Å². The van der Waals surface area contributed by atoms with Gasteiger partial charge in [0.15, 0.2) is 11.5 Å². The molecule has 12 heteroatoms. The average molecular weight is 476 g/mol. The fourth-order valence-electron chi connectivity index (χ4n) is 3.01. The van der Waals surface area contributed by atoms with Crippen LogP contribution >= 0.6 is 7.52 Å². The zero-order chi connectivity index (χ0) is 24.0. The van der Waals surface area contributed by atoms with E-state index >= 15 is 0 Å². The van der Waals surface area contributed by atoms with E-state index in [0.717, 1.165) is 0 Å². The molecule has 3 N–H and O–H groups in total. The maximum Gasteiger partial charge on any atom is 0.342 e. The number of nitrogens with one attached hydrogen (secondary N) is 1. The number of esters is 1. The molecule has 0 bridgehead atoms. The number of ether oxygens (including phenoxy) is 2. The second kappa shape index (κ2) is 10.7. The summed E-state index contributed by atoms with van der Waals surface area (Å²) < 4.78 is 32.2. The van der Waals surface area contributed by atoms with Gasteiger partial charge in [-0.1, -0.05) is 18.2 Å². The zero-order valence-electron chi connectivity index (χ0n) is 19.0. The number of carbonyl (C=O) groups is 1. The Balaban J connectivity index is 1.70. The number of hydrogen-bond acceptors (Lipinski definition) is 9. The van der Waals surface area contributed by atoms with Crippen LogP contribution in [0, 0.1) is 0 Å². The first-order valence-corrected chi connectivity index (χ1v) is 12.3. The van der Waals surface area contributed by atoms with Crippen molar-refractivity contribution in [3.8, 4) is 5.75 Å². The van der Waals surface area contributed by atoms with Crippen LogP contribution in [-0.4, -0.2) is 50.1 Å². The molecule has 0 saturated heterocycles. The topological polar surface area (TPSA) is 143 Å². The van der Waals surface area contributed by atoms with Crippen LogP contribution in [0.4, 0.5) is 5.82 Å². The van der Waals surface area contributed by atoms with Gasteiger partial charge in [-0.25, -0.2) is 20.0 Å². The van der Waals surface area contributed by atoms with Gasteiger partial charge in [0, 0.05) is 0 Å². The van der Waals surface area contributed by atoms with E-state index < -0.39 is 19.5 Å². The Kier molecular flexibility index (Phi) is 8.01. The summed E-state index contributed by atoms with van der Waals surface area (Å²) in [6.07, 6.45) is 2.01. The first-order valence-electron chi connectivity index (χ1n) is 10.5. The van der Waals surface area contributed by atoms with Crippen LogP contribution in [-0.2, 0) is 25.4 Å². The van der Waals surface area contributed by atoms with Gasteiger partial charge >= 0.3 is 13.5 Å². The zero-order valence-corrected chi connectivity index (χ0v) is 19.9. The van der Waals surface area contributed by atoms with E-state index in [0.29, 0.717) is 29.3 Å². The molecule has 0 aliphatic heterocycles. The fraction of sp³-hybridized carbons (Fsp3) is 0.429. The lowest BCUT2D eigenvalue weighted by molar-refractivity contribution is -0.149. The van der Waals surface area contributed by atoms with Gasteiger partial charge in [0.05, 0.1) is 25.1 Å². The number of fused-ring (bicyclic) bond motifs is 1. The van der Waals surface area contributed by atoms with E-state index in [9.17, 15) is 9.36 Å². The Morgan fingerprint density at radius 3 is 2.58 bits per heavy atom. The monoisotopic (exact) mass is 476 g/mol. The number of para-hydroxylation sites is 1. The summed E-state index contributed by atoms with van der Waals surface area (Å²) in [7, 11) is -3.64. The highest BCUT2D eigenvalue weighted by atomic mass is 31.2. The highest BCUT2D eigenvalue weighted by Gasteiger charge is 2.32. The van der Waals surface area contributed by atoms with Gasteiger partial charge in [0.25, 0.3) is 0 Å². The molecule has 3 rings (SSSR count). The quantitative estimate of drug-likeness (QED) is 0.313. The lowest BCUT2D eigenvalue weighted by Gasteiger charge is -2.25. The van der Waals surface area contributed by atoms with Crippen molar-refractivity contribution in [3.05, 3.63) is 43.0 Å². The molecule has 3 aromatic rings. The molecular weight excluding hydrogens is 447 g/mol. The minimum atomic E-state index is -3.64. The lowest BCUT2D eigenvalue weighted by atomic mass is 10.3. The van der Waals surface area contributed by atoms with Crippen LogP contribution in [0.15, 0.2) is 43.0 Å². The molecule has 0 spiro atoms. The second-order valence-corrected chi connectivity index (χ2v) is 9.89. The second-order valence-electron chi connectivity index (χ2n) is 7.85. The number of carbonyl (C=O) groups excluding carboxylic acids is 1. The van der Waals surface area contributed by atoms with E-state index in [1.54, 1.807) is 55.9 Å². The fourth-order valence-corrected chi connectivity index (χ4v) is 4.80. The molecule has 0 saturated carbocycles. The smallest absolute Gasteiger partial charge is 0.342 e. The maximum absolute atomic E-state index is 13.6. The third kappa shape index (κ3) is 6.74. The van der Waals surface area contributed by atoms with Gasteiger partial charge < -0.3 is 24.3 Å². The van der Waals surface area contributed by atoms with E-state index in [1.165, 1.54) is 6.33 Å². The van der Waals surface area contributed by atoms with Crippen LogP contribution in [0.2, 0.25) is 0 Å². The Hall–Kier alpha value is -3.01. The van der Waals surface area contributed by atoms with Gasteiger partial charge in [0.2, 0.25) is 0 Å². The molecule has 0 radical (unpaired) electrons. The molecule has 2 heterocycles. The Morgan fingerprint density at radius 1 is 1.15 bits per heavy atom. The van der Waals surface area contributed by atoms with Crippen molar-refractivity contribution in [2.75, 3.05) is 12.1 Å². The van der Waals surface area contributed by atoms with Crippen LogP contribution < -0.4 is 15.3 Å². The predicted octanol–water partition coefficient (Wildman–Crippen LogP) is 2.97.